The molecule has 0 aromatic heterocycles. The van der Waals surface area contributed by atoms with Crippen molar-refractivity contribution >= 4 is 5.78 Å². The smallest absolute Gasteiger partial charge is 0.129 e. The number of hydrogen-bond acceptors (Lipinski definition) is 2. The zero-order chi connectivity index (χ0) is 11.4. The molecule has 0 amide bonds. The van der Waals surface area contributed by atoms with Gasteiger partial charge in [-0.25, -0.2) is 0 Å². The van der Waals surface area contributed by atoms with Crippen molar-refractivity contribution in [1.82, 2.24) is 4.90 Å². The first kappa shape index (κ1) is 12.1. The lowest BCUT2D eigenvalue weighted by molar-refractivity contribution is -0.117. The molecule has 16 heavy (non-hydrogen) atoms. The number of likely N-dealkylation sites (tertiary alicyclic amines) is 1. The van der Waals surface area contributed by atoms with Gasteiger partial charge in [0, 0.05) is 12.5 Å². The lowest BCUT2D eigenvalue weighted by Gasteiger charge is -2.44. The molecule has 1 saturated carbocycles. The molecule has 0 unspecified atom stereocenters. The summed E-state index contributed by atoms with van der Waals surface area (Å²) in [5, 5.41) is 0. The van der Waals surface area contributed by atoms with Crippen molar-refractivity contribution in [2.75, 3.05) is 13.1 Å². The topological polar surface area (TPSA) is 20.3 Å². The molecule has 0 spiro atoms. The molecular formula is C14H25NO. The summed E-state index contributed by atoms with van der Waals surface area (Å²) in [4.78, 5) is 13.6. The predicted molar refractivity (Wildman–Crippen MR) is 66.5 cm³/mol. The van der Waals surface area contributed by atoms with Crippen LogP contribution in [0, 0.1) is 5.92 Å². The molecule has 0 radical (unpaired) electrons. The highest BCUT2D eigenvalue weighted by Crippen LogP contribution is 2.35. The van der Waals surface area contributed by atoms with Crippen molar-refractivity contribution < 1.29 is 4.79 Å². The molecule has 2 atom stereocenters. The molecule has 0 N–H and O–H groups in total. The van der Waals surface area contributed by atoms with Gasteiger partial charge in [0.05, 0.1) is 0 Å². The third-order valence-electron chi connectivity index (χ3n) is 4.33. The Kier molecular flexibility index (Phi) is 4.39. The van der Waals surface area contributed by atoms with Gasteiger partial charge >= 0.3 is 0 Å². The van der Waals surface area contributed by atoms with Crippen molar-refractivity contribution in [3.05, 3.63) is 0 Å². The second-order valence-corrected chi connectivity index (χ2v) is 5.60. The molecule has 2 nitrogen and oxygen atoms in total. The summed E-state index contributed by atoms with van der Waals surface area (Å²) in [5.41, 5.74) is 0. The lowest BCUT2D eigenvalue weighted by atomic mass is 9.78. The van der Waals surface area contributed by atoms with Gasteiger partial charge in [0.25, 0.3) is 0 Å². The second-order valence-electron chi connectivity index (χ2n) is 5.60. The first-order valence-corrected chi connectivity index (χ1v) is 7.01. The van der Waals surface area contributed by atoms with E-state index in [1.54, 1.807) is 6.92 Å². The van der Waals surface area contributed by atoms with Crippen LogP contribution in [-0.4, -0.2) is 29.8 Å². The average Bonchev–Trinajstić information content (AvgIpc) is 2.29. The van der Waals surface area contributed by atoms with E-state index in [-0.39, 0.29) is 0 Å². The molecule has 92 valence electrons. The molecule has 1 saturated heterocycles. The van der Waals surface area contributed by atoms with Crippen molar-refractivity contribution in [2.24, 2.45) is 5.92 Å². The number of fused-ring (bicyclic) bond motifs is 1. The molecule has 1 heterocycles. The number of Topliss-reactive ketones (excluding diaryl/α,β-unsaturated/α-hetero) is 1. The fourth-order valence-electron chi connectivity index (χ4n) is 3.54. The summed E-state index contributed by atoms with van der Waals surface area (Å²) >= 11 is 0. The highest BCUT2D eigenvalue weighted by atomic mass is 16.1. The summed E-state index contributed by atoms with van der Waals surface area (Å²) in [6.45, 7) is 4.14. The van der Waals surface area contributed by atoms with Crippen LogP contribution in [0.15, 0.2) is 0 Å². The van der Waals surface area contributed by atoms with Gasteiger partial charge in [-0.15, -0.1) is 0 Å². The van der Waals surface area contributed by atoms with Gasteiger partial charge in [-0.1, -0.05) is 12.8 Å². The third kappa shape index (κ3) is 3.07. The molecule has 2 heteroatoms. The number of nitrogens with zero attached hydrogens (tertiary/aromatic N) is 1. The predicted octanol–water partition coefficient (Wildman–Crippen LogP) is 3.01. The van der Waals surface area contributed by atoms with E-state index in [2.05, 4.69) is 4.90 Å². The quantitative estimate of drug-likeness (QED) is 0.730. The minimum absolute atomic E-state index is 0.345. The van der Waals surface area contributed by atoms with Crippen LogP contribution in [0.5, 0.6) is 0 Å². The monoisotopic (exact) mass is 223 g/mol. The Morgan fingerprint density at radius 1 is 1.19 bits per heavy atom. The molecule has 0 bridgehead atoms. The molecule has 2 aliphatic rings. The number of piperidine rings is 1. The van der Waals surface area contributed by atoms with Gasteiger partial charge in [0.15, 0.2) is 0 Å². The van der Waals surface area contributed by atoms with Gasteiger partial charge in [-0.2, -0.15) is 0 Å². The van der Waals surface area contributed by atoms with Gasteiger partial charge in [0.1, 0.15) is 5.78 Å². The maximum Gasteiger partial charge on any atom is 0.129 e. The minimum Gasteiger partial charge on any atom is -0.300 e. The number of carbonyl (C=O) groups excluding carboxylic acids is 1. The maximum absolute atomic E-state index is 10.9. The van der Waals surface area contributed by atoms with Crippen LogP contribution in [0.1, 0.15) is 58.3 Å². The van der Waals surface area contributed by atoms with Crippen molar-refractivity contribution in [2.45, 2.75) is 64.3 Å². The van der Waals surface area contributed by atoms with Crippen LogP contribution in [0.4, 0.5) is 0 Å². The van der Waals surface area contributed by atoms with Gasteiger partial charge in [-0.3, -0.25) is 0 Å². The van der Waals surface area contributed by atoms with Gasteiger partial charge in [0.2, 0.25) is 0 Å². The zero-order valence-electron chi connectivity index (χ0n) is 10.6. The van der Waals surface area contributed by atoms with Crippen LogP contribution in [0.2, 0.25) is 0 Å². The Hall–Kier alpha value is -0.370. The summed E-state index contributed by atoms with van der Waals surface area (Å²) < 4.78 is 0. The molecule has 1 aliphatic carbocycles. The number of hydrogen-bond donors (Lipinski definition) is 0. The van der Waals surface area contributed by atoms with Gasteiger partial charge in [-0.05, 0) is 58.0 Å². The molecule has 2 fully saturated rings. The highest BCUT2D eigenvalue weighted by Gasteiger charge is 2.32. The minimum atomic E-state index is 0.345. The summed E-state index contributed by atoms with van der Waals surface area (Å²) in [6.07, 6.45) is 10.4. The Morgan fingerprint density at radius 2 is 1.94 bits per heavy atom. The molecule has 0 aromatic carbocycles. The van der Waals surface area contributed by atoms with Crippen molar-refractivity contribution in [3.63, 3.8) is 0 Å². The van der Waals surface area contributed by atoms with Crippen LogP contribution in [-0.2, 0) is 4.79 Å². The Balaban J connectivity index is 1.80. The van der Waals surface area contributed by atoms with E-state index < -0.39 is 0 Å². The van der Waals surface area contributed by atoms with Crippen LogP contribution in [0.25, 0.3) is 0 Å². The first-order chi connectivity index (χ1) is 7.77. The van der Waals surface area contributed by atoms with Crippen molar-refractivity contribution in [3.8, 4) is 0 Å². The first-order valence-electron chi connectivity index (χ1n) is 7.01. The Bertz CT molecular complexity index is 237. The second kappa shape index (κ2) is 5.81. The Morgan fingerprint density at radius 3 is 2.75 bits per heavy atom. The third-order valence-corrected chi connectivity index (χ3v) is 4.33. The fraction of sp³-hybridized carbons (Fsp3) is 0.929. The van der Waals surface area contributed by atoms with E-state index in [0.717, 1.165) is 31.3 Å². The number of carbonyl (C=O) groups is 1. The summed E-state index contributed by atoms with van der Waals surface area (Å²) in [5.74, 6) is 1.32. The van der Waals surface area contributed by atoms with Crippen LogP contribution < -0.4 is 0 Å². The molecular weight excluding hydrogens is 198 g/mol. The highest BCUT2D eigenvalue weighted by molar-refractivity contribution is 5.75. The zero-order valence-corrected chi connectivity index (χ0v) is 10.6. The van der Waals surface area contributed by atoms with E-state index in [9.17, 15) is 4.79 Å². The lowest BCUT2D eigenvalue weighted by Crippen LogP contribution is -2.47. The van der Waals surface area contributed by atoms with Crippen molar-refractivity contribution in [1.29, 1.82) is 0 Å². The van der Waals surface area contributed by atoms with Crippen LogP contribution >= 0.6 is 0 Å². The fourth-order valence-corrected chi connectivity index (χ4v) is 3.54. The van der Waals surface area contributed by atoms with E-state index >= 15 is 0 Å². The van der Waals surface area contributed by atoms with Crippen LogP contribution in [0.3, 0.4) is 0 Å². The average molecular weight is 223 g/mol. The summed E-state index contributed by atoms with van der Waals surface area (Å²) in [7, 11) is 0. The standard InChI is InChI=1S/C14H25NO/c1-12(16)6-4-10-15-11-5-8-13-7-2-3-9-14(13)15/h13-14H,2-11H2,1H3/t13-,14-/m1/s1. The number of ketones is 1. The summed E-state index contributed by atoms with van der Waals surface area (Å²) in [6, 6.07) is 0.856. The molecule has 1 aliphatic heterocycles. The van der Waals surface area contributed by atoms with Gasteiger partial charge < -0.3 is 9.69 Å². The van der Waals surface area contributed by atoms with E-state index in [1.165, 1.54) is 45.1 Å². The van der Waals surface area contributed by atoms with E-state index in [1.807, 2.05) is 0 Å². The SMILES string of the molecule is CC(=O)CCCN1CCC[C@H]2CCCC[C@H]21. The normalized spacial score (nSPS) is 31.1. The Labute approximate surface area is 99.4 Å². The molecule has 2 rings (SSSR count). The largest absolute Gasteiger partial charge is 0.300 e. The van der Waals surface area contributed by atoms with E-state index in [4.69, 9.17) is 0 Å². The number of rotatable bonds is 4. The molecule has 0 aromatic rings. The van der Waals surface area contributed by atoms with E-state index in [0.29, 0.717) is 5.78 Å². The maximum atomic E-state index is 10.9.